The fraction of sp³-hybridized carbons (Fsp3) is 0.400. The highest BCUT2D eigenvalue weighted by Gasteiger charge is 2.06. The molecule has 0 amide bonds. The van der Waals surface area contributed by atoms with Crippen LogP contribution in [0.15, 0.2) is 42.5 Å². The average Bonchev–Trinajstić information content (AvgIpc) is 2.46. The number of aryl methyl sites for hydroxylation is 3. The molecular formula is C20H27B. The van der Waals surface area contributed by atoms with E-state index >= 15 is 0 Å². The molecule has 0 radical (unpaired) electrons. The highest BCUT2D eigenvalue weighted by Crippen LogP contribution is 2.15. The van der Waals surface area contributed by atoms with Crippen LogP contribution in [0.3, 0.4) is 0 Å². The maximum Gasteiger partial charge on any atom is 0.140 e. The van der Waals surface area contributed by atoms with E-state index in [1.165, 1.54) is 53.4 Å². The smallest absolute Gasteiger partial charge is 0.0824 e. The summed E-state index contributed by atoms with van der Waals surface area (Å²) in [6.45, 7) is 6.78. The monoisotopic (exact) mass is 278 g/mol. The van der Waals surface area contributed by atoms with Gasteiger partial charge in [-0.3, -0.25) is 0 Å². The topological polar surface area (TPSA) is 0 Å². The minimum atomic E-state index is 0.622. The van der Waals surface area contributed by atoms with Gasteiger partial charge >= 0.3 is 0 Å². The van der Waals surface area contributed by atoms with Crippen molar-refractivity contribution in [3.63, 3.8) is 0 Å². The summed E-state index contributed by atoms with van der Waals surface area (Å²) >= 11 is 0. The average molecular weight is 278 g/mol. The van der Waals surface area contributed by atoms with Crippen molar-refractivity contribution in [2.45, 2.75) is 52.4 Å². The van der Waals surface area contributed by atoms with Gasteiger partial charge in [0.25, 0.3) is 0 Å². The molecule has 0 aliphatic heterocycles. The number of unbranched alkanes of at least 4 members (excludes halogenated alkanes) is 1. The molecule has 0 spiro atoms. The predicted octanol–water partition coefficient (Wildman–Crippen LogP) is 3.94. The van der Waals surface area contributed by atoms with E-state index < -0.39 is 0 Å². The molecule has 0 aliphatic carbocycles. The molecule has 2 rings (SSSR count). The van der Waals surface area contributed by atoms with Crippen molar-refractivity contribution in [2.24, 2.45) is 0 Å². The minimum absolute atomic E-state index is 0.622. The van der Waals surface area contributed by atoms with Gasteiger partial charge in [0.1, 0.15) is 7.85 Å². The molecule has 0 aromatic heterocycles. The molecule has 0 fully saturated rings. The van der Waals surface area contributed by atoms with Gasteiger partial charge in [0.15, 0.2) is 0 Å². The first-order valence-electron chi connectivity index (χ1n) is 8.22. The Kier molecular flexibility index (Phi) is 5.67. The molecule has 1 heteroatoms. The Hall–Kier alpha value is -1.50. The normalized spacial score (nSPS) is 11.0. The van der Waals surface area contributed by atoms with Crippen LogP contribution < -0.4 is 5.46 Å². The Morgan fingerprint density at radius 2 is 1.48 bits per heavy atom. The first-order valence-corrected chi connectivity index (χ1v) is 8.22. The third-order valence-electron chi connectivity index (χ3n) is 4.51. The van der Waals surface area contributed by atoms with Gasteiger partial charge < -0.3 is 0 Å². The summed E-state index contributed by atoms with van der Waals surface area (Å²) in [5.74, 6) is 0.622. The van der Waals surface area contributed by atoms with E-state index in [1.807, 2.05) is 0 Å². The molecule has 0 aliphatic rings. The lowest BCUT2D eigenvalue weighted by Crippen LogP contribution is -2.17. The fourth-order valence-corrected chi connectivity index (χ4v) is 3.12. The highest BCUT2D eigenvalue weighted by atomic mass is 14.1. The number of rotatable bonds is 6. The molecule has 110 valence electrons. The highest BCUT2D eigenvalue weighted by molar-refractivity contribution is 6.34. The van der Waals surface area contributed by atoms with Gasteiger partial charge in [-0.2, -0.15) is 0 Å². The number of benzene rings is 2. The summed E-state index contributed by atoms with van der Waals surface area (Å²) in [5, 5.41) is 0. The molecule has 0 N–H and O–H groups in total. The van der Waals surface area contributed by atoms with Gasteiger partial charge in [-0.1, -0.05) is 72.9 Å². The number of hydrogen-bond acceptors (Lipinski definition) is 0. The van der Waals surface area contributed by atoms with Crippen LogP contribution in [0.4, 0.5) is 0 Å². The van der Waals surface area contributed by atoms with Gasteiger partial charge in [-0.05, 0) is 49.7 Å². The maximum atomic E-state index is 2.30. The van der Waals surface area contributed by atoms with Crippen LogP contribution in [0.1, 0.15) is 54.9 Å². The third kappa shape index (κ3) is 4.23. The quantitative estimate of drug-likeness (QED) is 0.554. The van der Waals surface area contributed by atoms with E-state index in [0.717, 1.165) is 0 Å². The van der Waals surface area contributed by atoms with Gasteiger partial charge in [0.2, 0.25) is 0 Å². The molecule has 0 atom stereocenters. The summed E-state index contributed by atoms with van der Waals surface area (Å²) < 4.78 is 0. The van der Waals surface area contributed by atoms with E-state index in [0.29, 0.717) is 5.92 Å². The first-order chi connectivity index (χ1) is 10.1. The van der Waals surface area contributed by atoms with Crippen LogP contribution in [0.25, 0.3) is 0 Å². The predicted molar refractivity (Wildman–Crippen MR) is 96.5 cm³/mol. The van der Waals surface area contributed by atoms with E-state index in [2.05, 4.69) is 71.1 Å². The minimum Gasteiger partial charge on any atom is -0.0824 e. The molecule has 2 aromatic rings. The Labute approximate surface area is 131 Å². The summed E-state index contributed by atoms with van der Waals surface area (Å²) in [6, 6.07) is 15.6. The second-order valence-corrected chi connectivity index (χ2v) is 6.42. The summed E-state index contributed by atoms with van der Waals surface area (Å²) in [5.41, 5.74) is 7.47. The Morgan fingerprint density at radius 3 is 2.14 bits per heavy atom. The van der Waals surface area contributed by atoms with Crippen molar-refractivity contribution in [3.05, 3.63) is 64.7 Å². The molecule has 0 unspecified atom stereocenters. The van der Waals surface area contributed by atoms with E-state index in [1.54, 1.807) is 0 Å². The summed E-state index contributed by atoms with van der Waals surface area (Å²) in [7, 11) is 2.28. The largest absolute Gasteiger partial charge is 0.140 e. The third-order valence-corrected chi connectivity index (χ3v) is 4.51. The Bertz CT molecular complexity index is 584. The van der Waals surface area contributed by atoms with Crippen LogP contribution in [0.5, 0.6) is 0 Å². The van der Waals surface area contributed by atoms with Crippen molar-refractivity contribution in [1.29, 1.82) is 0 Å². The van der Waals surface area contributed by atoms with Crippen molar-refractivity contribution < 1.29 is 0 Å². The zero-order valence-electron chi connectivity index (χ0n) is 13.9. The van der Waals surface area contributed by atoms with Crippen molar-refractivity contribution in [1.82, 2.24) is 0 Å². The molecule has 0 bridgehead atoms. The molecule has 0 heterocycles. The SMILES string of the molecule is Bc1c(CCCCc2ccccc2C)cccc1C(C)C. The van der Waals surface area contributed by atoms with Crippen LogP contribution >= 0.6 is 0 Å². The molecule has 2 aromatic carbocycles. The van der Waals surface area contributed by atoms with Gasteiger partial charge in [-0.15, -0.1) is 0 Å². The standard InChI is InChI=1S/C20H27B/c1-15(2)19-14-8-13-18(20(19)21)12-7-6-11-17-10-5-4-9-16(17)3/h4-5,8-10,13-15H,6-7,11-12,21H2,1-3H3. The lowest BCUT2D eigenvalue weighted by Gasteiger charge is -2.14. The van der Waals surface area contributed by atoms with E-state index in [9.17, 15) is 0 Å². The maximum absolute atomic E-state index is 2.30. The second kappa shape index (κ2) is 7.50. The van der Waals surface area contributed by atoms with Crippen LogP contribution in [0, 0.1) is 6.92 Å². The zero-order valence-corrected chi connectivity index (χ0v) is 13.9. The molecular weight excluding hydrogens is 251 g/mol. The van der Waals surface area contributed by atoms with Crippen molar-refractivity contribution in [3.8, 4) is 0 Å². The van der Waals surface area contributed by atoms with Gasteiger partial charge in [-0.25, -0.2) is 0 Å². The molecule has 0 nitrogen and oxygen atoms in total. The summed E-state index contributed by atoms with van der Waals surface area (Å²) in [6.07, 6.45) is 4.96. The van der Waals surface area contributed by atoms with Crippen LogP contribution in [-0.4, -0.2) is 7.85 Å². The molecule has 21 heavy (non-hydrogen) atoms. The Morgan fingerprint density at radius 1 is 0.857 bits per heavy atom. The fourth-order valence-electron chi connectivity index (χ4n) is 3.12. The van der Waals surface area contributed by atoms with Crippen molar-refractivity contribution in [2.75, 3.05) is 0 Å². The van der Waals surface area contributed by atoms with Crippen molar-refractivity contribution >= 4 is 13.3 Å². The molecule has 0 saturated heterocycles. The second-order valence-electron chi connectivity index (χ2n) is 6.42. The van der Waals surface area contributed by atoms with E-state index in [4.69, 9.17) is 0 Å². The zero-order chi connectivity index (χ0) is 15.2. The Balaban J connectivity index is 1.90. The van der Waals surface area contributed by atoms with E-state index in [-0.39, 0.29) is 0 Å². The van der Waals surface area contributed by atoms with Gasteiger partial charge in [0.05, 0.1) is 0 Å². The first kappa shape index (κ1) is 15.9. The van der Waals surface area contributed by atoms with Gasteiger partial charge in [0, 0.05) is 0 Å². The molecule has 0 saturated carbocycles. The summed E-state index contributed by atoms with van der Waals surface area (Å²) in [4.78, 5) is 0. The number of hydrogen-bond donors (Lipinski definition) is 0. The van der Waals surface area contributed by atoms with Crippen LogP contribution in [0.2, 0.25) is 0 Å². The lowest BCUT2D eigenvalue weighted by atomic mass is 9.80. The van der Waals surface area contributed by atoms with Crippen LogP contribution in [-0.2, 0) is 12.8 Å². The lowest BCUT2D eigenvalue weighted by molar-refractivity contribution is 0.732.